The van der Waals surface area contributed by atoms with Crippen molar-refractivity contribution < 1.29 is 4.79 Å². The molecule has 0 N–H and O–H groups in total. The standard InChI is InChI=1S/C8H9NOS2/c10-7-5-11-4-6(7)3-8-9-1-2-12-8/h1-2,6H,3-5H2. The fourth-order valence-electron chi connectivity index (χ4n) is 1.25. The number of rotatable bonds is 2. The average Bonchev–Trinajstić information content (AvgIpc) is 2.65. The smallest absolute Gasteiger partial charge is 0.147 e. The lowest BCUT2D eigenvalue weighted by molar-refractivity contribution is -0.119. The summed E-state index contributed by atoms with van der Waals surface area (Å²) in [5.41, 5.74) is 0. The van der Waals surface area contributed by atoms with Crippen LogP contribution in [0.5, 0.6) is 0 Å². The van der Waals surface area contributed by atoms with Crippen LogP contribution in [0.25, 0.3) is 0 Å². The average molecular weight is 199 g/mol. The van der Waals surface area contributed by atoms with Crippen LogP contribution in [0.4, 0.5) is 0 Å². The Morgan fingerprint density at radius 1 is 1.67 bits per heavy atom. The van der Waals surface area contributed by atoms with Crippen LogP contribution in [-0.4, -0.2) is 22.3 Å². The molecule has 64 valence electrons. The highest BCUT2D eigenvalue weighted by Crippen LogP contribution is 2.24. The molecule has 2 rings (SSSR count). The number of Topliss-reactive ketones (excluding diaryl/α,β-unsaturated/α-hetero) is 1. The van der Waals surface area contributed by atoms with Crippen molar-refractivity contribution in [1.82, 2.24) is 4.98 Å². The molecule has 1 fully saturated rings. The van der Waals surface area contributed by atoms with Crippen molar-refractivity contribution in [3.05, 3.63) is 16.6 Å². The third-order valence-corrected chi connectivity index (χ3v) is 3.85. The van der Waals surface area contributed by atoms with Crippen LogP contribution in [-0.2, 0) is 11.2 Å². The van der Waals surface area contributed by atoms with Gasteiger partial charge in [0.25, 0.3) is 0 Å². The van der Waals surface area contributed by atoms with Crippen LogP contribution in [0.2, 0.25) is 0 Å². The molecule has 0 saturated carbocycles. The van der Waals surface area contributed by atoms with Crippen molar-refractivity contribution in [2.45, 2.75) is 6.42 Å². The topological polar surface area (TPSA) is 30.0 Å². The van der Waals surface area contributed by atoms with Gasteiger partial charge in [-0.1, -0.05) is 0 Å². The van der Waals surface area contributed by atoms with Gasteiger partial charge >= 0.3 is 0 Å². The number of carbonyl (C=O) groups is 1. The van der Waals surface area contributed by atoms with E-state index in [0.717, 1.165) is 17.2 Å². The molecule has 1 aromatic rings. The van der Waals surface area contributed by atoms with Gasteiger partial charge in [0.2, 0.25) is 0 Å². The van der Waals surface area contributed by atoms with Crippen LogP contribution >= 0.6 is 23.1 Å². The Balaban J connectivity index is 1.99. The number of thioether (sulfide) groups is 1. The molecule has 1 unspecified atom stereocenters. The minimum Gasteiger partial charge on any atom is -0.298 e. The number of ketones is 1. The van der Waals surface area contributed by atoms with Gasteiger partial charge in [0.15, 0.2) is 0 Å². The van der Waals surface area contributed by atoms with Crippen molar-refractivity contribution in [1.29, 1.82) is 0 Å². The van der Waals surface area contributed by atoms with Gasteiger partial charge in [-0.25, -0.2) is 4.98 Å². The molecule has 12 heavy (non-hydrogen) atoms. The first kappa shape index (κ1) is 8.26. The second-order valence-corrected chi connectivity index (χ2v) is 4.82. The Bertz CT molecular complexity index is 271. The first-order valence-corrected chi connectivity index (χ1v) is 5.88. The molecule has 2 heterocycles. The van der Waals surface area contributed by atoms with Gasteiger partial charge in [0, 0.05) is 29.7 Å². The highest BCUT2D eigenvalue weighted by atomic mass is 32.2. The Kier molecular flexibility index (Phi) is 2.46. The van der Waals surface area contributed by atoms with Gasteiger partial charge in [-0.15, -0.1) is 11.3 Å². The summed E-state index contributed by atoms with van der Waals surface area (Å²) in [5.74, 6) is 2.32. The van der Waals surface area contributed by atoms with E-state index in [1.165, 1.54) is 0 Å². The van der Waals surface area contributed by atoms with E-state index in [-0.39, 0.29) is 5.92 Å². The molecule has 1 aliphatic heterocycles. The van der Waals surface area contributed by atoms with E-state index in [4.69, 9.17) is 0 Å². The van der Waals surface area contributed by atoms with Crippen molar-refractivity contribution in [3.8, 4) is 0 Å². The quantitative estimate of drug-likeness (QED) is 0.725. The summed E-state index contributed by atoms with van der Waals surface area (Å²) in [4.78, 5) is 15.4. The largest absolute Gasteiger partial charge is 0.298 e. The number of nitrogens with zero attached hydrogens (tertiary/aromatic N) is 1. The lowest BCUT2D eigenvalue weighted by Crippen LogP contribution is -2.13. The Morgan fingerprint density at radius 3 is 3.17 bits per heavy atom. The fourth-order valence-corrected chi connectivity index (χ4v) is 3.09. The van der Waals surface area contributed by atoms with Crippen molar-refractivity contribution >= 4 is 28.9 Å². The number of thiazole rings is 1. The zero-order valence-corrected chi connectivity index (χ0v) is 8.16. The van der Waals surface area contributed by atoms with Gasteiger partial charge < -0.3 is 0 Å². The summed E-state index contributed by atoms with van der Waals surface area (Å²) >= 11 is 3.38. The summed E-state index contributed by atoms with van der Waals surface area (Å²) in [6, 6.07) is 0. The minimum atomic E-state index is 0.237. The third-order valence-electron chi connectivity index (χ3n) is 1.92. The van der Waals surface area contributed by atoms with Crippen LogP contribution in [0.3, 0.4) is 0 Å². The van der Waals surface area contributed by atoms with E-state index in [1.54, 1.807) is 29.3 Å². The predicted octanol–water partition coefficient (Wildman–Crippen LogP) is 1.62. The zero-order chi connectivity index (χ0) is 8.39. The van der Waals surface area contributed by atoms with E-state index in [9.17, 15) is 4.79 Å². The van der Waals surface area contributed by atoms with Crippen molar-refractivity contribution in [3.63, 3.8) is 0 Å². The molecule has 2 nitrogen and oxygen atoms in total. The van der Waals surface area contributed by atoms with Gasteiger partial charge in [0.05, 0.1) is 10.8 Å². The lowest BCUT2D eigenvalue weighted by Gasteiger charge is -2.02. The summed E-state index contributed by atoms with van der Waals surface area (Å²) in [5, 5.41) is 3.05. The third kappa shape index (κ3) is 1.69. The SMILES string of the molecule is O=C1CSCC1Cc1nccs1. The molecule has 0 aliphatic carbocycles. The van der Waals surface area contributed by atoms with E-state index in [2.05, 4.69) is 4.98 Å². The van der Waals surface area contributed by atoms with Gasteiger partial charge in [-0.3, -0.25) is 4.79 Å². The van der Waals surface area contributed by atoms with Crippen LogP contribution < -0.4 is 0 Å². The number of carbonyl (C=O) groups excluding carboxylic acids is 1. The molecule has 0 amide bonds. The van der Waals surface area contributed by atoms with Crippen molar-refractivity contribution in [2.24, 2.45) is 5.92 Å². The predicted molar refractivity (Wildman–Crippen MR) is 51.6 cm³/mol. The normalized spacial score (nSPS) is 23.3. The molecule has 1 atom stereocenters. The lowest BCUT2D eigenvalue weighted by atomic mass is 10.1. The number of hydrogen-bond acceptors (Lipinski definition) is 4. The number of aromatic nitrogens is 1. The maximum absolute atomic E-state index is 11.3. The van der Waals surface area contributed by atoms with Gasteiger partial charge in [0.1, 0.15) is 5.78 Å². The minimum absolute atomic E-state index is 0.237. The van der Waals surface area contributed by atoms with E-state index in [1.807, 2.05) is 5.38 Å². The molecular formula is C8H9NOS2. The monoisotopic (exact) mass is 199 g/mol. The summed E-state index contributed by atoms with van der Waals surface area (Å²) in [7, 11) is 0. The van der Waals surface area contributed by atoms with E-state index < -0.39 is 0 Å². The first-order valence-electron chi connectivity index (χ1n) is 3.85. The maximum atomic E-state index is 11.3. The highest BCUT2D eigenvalue weighted by Gasteiger charge is 2.25. The Labute approximate surface area is 79.4 Å². The van der Waals surface area contributed by atoms with Crippen LogP contribution in [0.1, 0.15) is 5.01 Å². The second-order valence-electron chi connectivity index (χ2n) is 2.81. The first-order chi connectivity index (χ1) is 5.86. The zero-order valence-electron chi connectivity index (χ0n) is 6.53. The van der Waals surface area contributed by atoms with E-state index >= 15 is 0 Å². The van der Waals surface area contributed by atoms with Crippen LogP contribution in [0, 0.1) is 5.92 Å². The number of hydrogen-bond donors (Lipinski definition) is 0. The molecular weight excluding hydrogens is 190 g/mol. The maximum Gasteiger partial charge on any atom is 0.147 e. The molecule has 0 spiro atoms. The van der Waals surface area contributed by atoms with E-state index in [0.29, 0.717) is 11.5 Å². The van der Waals surface area contributed by atoms with Crippen LogP contribution in [0.15, 0.2) is 11.6 Å². The molecule has 1 aliphatic rings. The molecule has 0 radical (unpaired) electrons. The summed E-state index contributed by atoms with van der Waals surface area (Å²) in [6.45, 7) is 0. The second kappa shape index (κ2) is 3.58. The fraction of sp³-hybridized carbons (Fsp3) is 0.500. The van der Waals surface area contributed by atoms with Gasteiger partial charge in [-0.05, 0) is 0 Å². The Hall–Kier alpha value is -0.350. The molecule has 0 aromatic carbocycles. The Morgan fingerprint density at radius 2 is 2.58 bits per heavy atom. The molecule has 1 saturated heterocycles. The summed E-state index contributed by atoms with van der Waals surface area (Å²) in [6.07, 6.45) is 2.65. The summed E-state index contributed by atoms with van der Waals surface area (Å²) < 4.78 is 0. The molecule has 0 bridgehead atoms. The molecule has 4 heteroatoms. The molecule has 1 aromatic heterocycles. The van der Waals surface area contributed by atoms with Crippen molar-refractivity contribution in [2.75, 3.05) is 11.5 Å². The highest BCUT2D eigenvalue weighted by molar-refractivity contribution is 8.00. The van der Waals surface area contributed by atoms with Gasteiger partial charge in [-0.2, -0.15) is 11.8 Å².